The first kappa shape index (κ1) is 19.3. The second-order valence-electron chi connectivity index (χ2n) is 7.92. The van der Waals surface area contributed by atoms with Crippen molar-refractivity contribution in [2.75, 3.05) is 6.67 Å². The van der Waals surface area contributed by atoms with Crippen LogP contribution in [0, 0.1) is 0 Å². The molecule has 1 fully saturated rings. The van der Waals surface area contributed by atoms with Gasteiger partial charge in [-0.05, 0) is 52.3 Å². The van der Waals surface area contributed by atoms with Gasteiger partial charge in [0.05, 0.1) is 6.04 Å². The molecule has 0 radical (unpaired) electrons. The molecule has 1 aliphatic heterocycles. The van der Waals surface area contributed by atoms with Crippen molar-refractivity contribution in [2.24, 2.45) is 0 Å². The van der Waals surface area contributed by atoms with Gasteiger partial charge in [0.2, 0.25) is 12.3 Å². The van der Waals surface area contributed by atoms with E-state index in [9.17, 15) is 9.18 Å². The zero-order chi connectivity index (χ0) is 19.8. The van der Waals surface area contributed by atoms with E-state index in [1.165, 1.54) is 11.3 Å². The van der Waals surface area contributed by atoms with Crippen LogP contribution in [0.25, 0.3) is 11.5 Å². The van der Waals surface area contributed by atoms with Gasteiger partial charge in [-0.1, -0.05) is 12.1 Å². The predicted molar refractivity (Wildman–Crippen MR) is 95.5 cm³/mol. The monoisotopic (exact) mass is 377 g/mol. The molecule has 146 valence electrons. The number of hydrogen-bond donors (Lipinski definition) is 0. The normalized spacial score (nSPS) is 22.1. The fourth-order valence-corrected chi connectivity index (χ4v) is 3.20. The van der Waals surface area contributed by atoms with Crippen LogP contribution in [0.1, 0.15) is 46.3 Å². The fraction of sp³-hybridized carbons (Fsp3) is 0.526. The number of carbonyl (C=O) groups excluding carboxylic acids is 1. The van der Waals surface area contributed by atoms with Crippen LogP contribution in [0.15, 0.2) is 35.1 Å². The van der Waals surface area contributed by atoms with Crippen molar-refractivity contribution < 1.29 is 23.1 Å². The van der Waals surface area contributed by atoms with Crippen LogP contribution >= 0.6 is 0 Å². The summed E-state index contributed by atoms with van der Waals surface area (Å²) in [6, 6.07) is 6.42. The Hall–Kier alpha value is -2.48. The zero-order valence-corrected chi connectivity index (χ0v) is 16.1. The summed E-state index contributed by atoms with van der Waals surface area (Å²) in [7, 11) is 0. The van der Waals surface area contributed by atoms with Gasteiger partial charge >= 0.3 is 6.09 Å². The Morgan fingerprint density at radius 3 is 2.48 bits per heavy atom. The Kier molecular flexibility index (Phi) is 4.94. The number of rotatable bonds is 3. The maximum atomic E-state index is 14.0. The SMILES string of the molecule is CC(C)(C)OC(=O)N1[C@H](CF)[C@@H](c2ccc(-c3nnco3)cc2)OC1(C)C. The standard InChI is InChI=1S/C19H24FN3O4/c1-18(2,3)27-17(24)23-14(10-20)15(26-19(23,4)5)12-6-8-13(9-7-12)16-22-21-11-25-16/h6-9,11,14-15H,10H2,1-5H3/t14-,15-/m1/s1. The van der Waals surface area contributed by atoms with Crippen molar-refractivity contribution in [1.82, 2.24) is 15.1 Å². The molecule has 27 heavy (non-hydrogen) atoms. The minimum atomic E-state index is -1.01. The van der Waals surface area contributed by atoms with Crippen molar-refractivity contribution in [3.05, 3.63) is 36.2 Å². The van der Waals surface area contributed by atoms with E-state index in [2.05, 4.69) is 10.2 Å². The lowest BCUT2D eigenvalue weighted by molar-refractivity contribution is -0.0797. The minimum absolute atomic E-state index is 0.395. The van der Waals surface area contributed by atoms with Crippen molar-refractivity contribution in [1.29, 1.82) is 0 Å². The Morgan fingerprint density at radius 2 is 1.96 bits per heavy atom. The number of aromatic nitrogens is 2. The highest BCUT2D eigenvalue weighted by Crippen LogP contribution is 2.42. The molecule has 3 rings (SSSR count). The largest absolute Gasteiger partial charge is 0.444 e. The summed E-state index contributed by atoms with van der Waals surface area (Å²) >= 11 is 0. The van der Waals surface area contributed by atoms with E-state index in [0.717, 1.165) is 11.1 Å². The Morgan fingerprint density at radius 1 is 1.30 bits per heavy atom. The van der Waals surface area contributed by atoms with E-state index in [1.807, 2.05) is 12.1 Å². The summed E-state index contributed by atoms with van der Waals surface area (Å²) in [5.41, 5.74) is -0.193. The second kappa shape index (κ2) is 6.92. The number of carbonyl (C=O) groups is 1. The van der Waals surface area contributed by atoms with Crippen LogP contribution in [0.3, 0.4) is 0 Å². The van der Waals surface area contributed by atoms with Gasteiger partial charge < -0.3 is 13.9 Å². The summed E-state index contributed by atoms with van der Waals surface area (Å²) in [6.07, 6.45) is 0.0401. The van der Waals surface area contributed by atoms with Gasteiger partial charge in [-0.3, -0.25) is 4.90 Å². The molecular formula is C19H24FN3O4. The number of hydrogen-bond acceptors (Lipinski definition) is 6. The van der Waals surface area contributed by atoms with Crippen molar-refractivity contribution in [2.45, 2.75) is 58.1 Å². The van der Waals surface area contributed by atoms with E-state index in [1.54, 1.807) is 46.8 Å². The summed E-state index contributed by atoms with van der Waals surface area (Å²) in [6.45, 7) is 8.02. The molecule has 0 saturated carbocycles. The van der Waals surface area contributed by atoms with Crippen LogP contribution in [0.2, 0.25) is 0 Å². The van der Waals surface area contributed by atoms with Gasteiger partial charge in [0.25, 0.3) is 0 Å². The van der Waals surface area contributed by atoms with Gasteiger partial charge in [0, 0.05) is 5.56 Å². The number of alkyl halides is 1. The third-order valence-corrected chi connectivity index (χ3v) is 4.27. The third-order valence-electron chi connectivity index (χ3n) is 4.27. The second-order valence-corrected chi connectivity index (χ2v) is 7.92. The molecule has 8 heteroatoms. The highest BCUT2D eigenvalue weighted by molar-refractivity contribution is 5.70. The number of amides is 1. The molecule has 0 aliphatic carbocycles. The van der Waals surface area contributed by atoms with Crippen LogP contribution in [0.4, 0.5) is 9.18 Å². The molecule has 0 bridgehead atoms. The summed E-state index contributed by atoms with van der Waals surface area (Å²) < 4.78 is 30.6. The number of halogens is 1. The Labute approximate surface area is 157 Å². The summed E-state index contributed by atoms with van der Waals surface area (Å²) in [4.78, 5) is 14.0. The van der Waals surface area contributed by atoms with Crippen molar-refractivity contribution >= 4 is 6.09 Å². The zero-order valence-electron chi connectivity index (χ0n) is 16.1. The average molecular weight is 377 g/mol. The lowest BCUT2D eigenvalue weighted by atomic mass is 10.0. The molecule has 2 heterocycles. The van der Waals surface area contributed by atoms with E-state index >= 15 is 0 Å². The van der Waals surface area contributed by atoms with Gasteiger partial charge in [-0.15, -0.1) is 10.2 Å². The minimum Gasteiger partial charge on any atom is -0.444 e. The number of ether oxygens (including phenoxy) is 2. The maximum absolute atomic E-state index is 14.0. The molecule has 1 aromatic heterocycles. The highest BCUT2D eigenvalue weighted by Gasteiger charge is 2.51. The molecule has 1 aliphatic rings. The quantitative estimate of drug-likeness (QED) is 0.801. The number of benzene rings is 1. The predicted octanol–water partition coefficient (Wildman–Crippen LogP) is 4.12. The first-order valence-corrected chi connectivity index (χ1v) is 8.75. The van der Waals surface area contributed by atoms with Gasteiger partial charge in [0.1, 0.15) is 24.1 Å². The first-order valence-electron chi connectivity index (χ1n) is 8.75. The lowest BCUT2D eigenvalue weighted by Gasteiger charge is -2.34. The molecule has 7 nitrogen and oxygen atoms in total. The van der Waals surface area contributed by atoms with Gasteiger partial charge in [-0.25, -0.2) is 9.18 Å². The Bertz CT molecular complexity index is 784. The third kappa shape index (κ3) is 3.95. The molecule has 0 N–H and O–H groups in total. The van der Waals surface area contributed by atoms with Crippen LogP contribution in [-0.2, 0) is 9.47 Å². The maximum Gasteiger partial charge on any atom is 0.413 e. The van der Waals surface area contributed by atoms with E-state index < -0.39 is 36.2 Å². The Balaban J connectivity index is 1.87. The van der Waals surface area contributed by atoms with Crippen LogP contribution < -0.4 is 0 Å². The highest BCUT2D eigenvalue weighted by atomic mass is 19.1. The molecule has 1 aromatic carbocycles. The van der Waals surface area contributed by atoms with E-state index in [0.29, 0.717) is 5.89 Å². The summed E-state index contributed by atoms with van der Waals surface area (Å²) in [5, 5.41) is 7.51. The van der Waals surface area contributed by atoms with Crippen molar-refractivity contribution in [3.8, 4) is 11.5 Å². The molecule has 2 aromatic rings. The first-order chi connectivity index (χ1) is 12.6. The lowest BCUT2D eigenvalue weighted by Crippen LogP contribution is -2.50. The molecular weight excluding hydrogens is 353 g/mol. The molecule has 1 amide bonds. The average Bonchev–Trinajstić information content (AvgIpc) is 3.18. The van der Waals surface area contributed by atoms with E-state index in [4.69, 9.17) is 13.9 Å². The van der Waals surface area contributed by atoms with Gasteiger partial charge in [0.15, 0.2) is 0 Å². The van der Waals surface area contributed by atoms with Gasteiger partial charge in [-0.2, -0.15) is 0 Å². The molecule has 0 spiro atoms. The smallest absolute Gasteiger partial charge is 0.413 e. The molecule has 2 atom stereocenters. The number of nitrogens with zero attached hydrogens (tertiary/aromatic N) is 3. The van der Waals surface area contributed by atoms with E-state index in [-0.39, 0.29) is 0 Å². The fourth-order valence-electron chi connectivity index (χ4n) is 3.20. The van der Waals surface area contributed by atoms with Crippen LogP contribution in [-0.4, -0.2) is 45.2 Å². The van der Waals surface area contributed by atoms with Crippen molar-refractivity contribution in [3.63, 3.8) is 0 Å². The topological polar surface area (TPSA) is 77.7 Å². The molecule has 0 unspecified atom stereocenters. The van der Waals surface area contributed by atoms with Crippen LogP contribution in [0.5, 0.6) is 0 Å². The summed E-state index contributed by atoms with van der Waals surface area (Å²) in [5.74, 6) is 0.395. The molecule has 1 saturated heterocycles.